The van der Waals surface area contributed by atoms with Crippen LogP contribution in [-0.2, 0) is 16.0 Å². The lowest BCUT2D eigenvalue weighted by atomic mass is 10.1. The number of nitrogens with zero attached hydrogens (tertiary/aromatic N) is 5. The van der Waals surface area contributed by atoms with Gasteiger partial charge >= 0.3 is 6.09 Å². The third-order valence-corrected chi connectivity index (χ3v) is 4.35. The lowest BCUT2D eigenvalue weighted by molar-refractivity contribution is -0.121. The van der Waals surface area contributed by atoms with Crippen molar-refractivity contribution in [2.45, 2.75) is 33.1 Å². The maximum atomic E-state index is 12.1. The minimum Gasteiger partial charge on any atom is -0.449 e. The molecule has 9 nitrogen and oxygen atoms in total. The summed E-state index contributed by atoms with van der Waals surface area (Å²) in [6.07, 6.45) is 2.93. The Bertz CT molecular complexity index is 788. The summed E-state index contributed by atoms with van der Waals surface area (Å²) in [6.45, 7) is 5.91. The minimum absolute atomic E-state index is 0.0529. The Morgan fingerprint density at radius 1 is 1.40 bits per heavy atom. The predicted molar refractivity (Wildman–Crippen MR) is 89.1 cm³/mol. The summed E-state index contributed by atoms with van der Waals surface area (Å²) in [5.41, 5.74) is 2.82. The second kappa shape index (κ2) is 7.45. The van der Waals surface area contributed by atoms with E-state index in [-0.39, 0.29) is 12.0 Å². The van der Waals surface area contributed by atoms with E-state index >= 15 is 0 Å². The number of hydrogen-bond acceptors (Lipinski definition) is 6. The predicted octanol–water partition coefficient (Wildman–Crippen LogP) is 0.632. The third-order valence-electron chi connectivity index (χ3n) is 4.35. The monoisotopic (exact) mass is 346 g/mol. The fraction of sp³-hybridized carbons (Fsp3) is 0.562. The molecule has 0 spiro atoms. The Morgan fingerprint density at radius 3 is 3.04 bits per heavy atom. The molecule has 0 bridgehead atoms. The van der Waals surface area contributed by atoms with Crippen molar-refractivity contribution < 1.29 is 14.3 Å². The normalized spacial score (nSPS) is 14.6. The lowest BCUT2D eigenvalue weighted by Gasteiger charge is -2.26. The van der Waals surface area contributed by atoms with Crippen molar-refractivity contribution in [1.29, 1.82) is 0 Å². The Hall–Kier alpha value is -2.71. The highest BCUT2D eigenvalue weighted by Crippen LogP contribution is 2.14. The van der Waals surface area contributed by atoms with Crippen molar-refractivity contribution >= 4 is 17.8 Å². The Morgan fingerprint density at radius 2 is 2.24 bits per heavy atom. The van der Waals surface area contributed by atoms with Gasteiger partial charge in [0.25, 0.3) is 5.78 Å². The van der Waals surface area contributed by atoms with Gasteiger partial charge in [-0.05, 0) is 32.3 Å². The SMILES string of the molecule is Cc1nc2ncnn2c(C)c1CCC(=O)NCCN1CCCOC1=O. The van der Waals surface area contributed by atoms with Crippen molar-refractivity contribution in [1.82, 2.24) is 29.8 Å². The van der Waals surface area contributed by atoms with Gasteiger partial charge in [0.1, 0.15) is 6.33 Å². The molecule has 134 valence electrons. The third kappa shape index (κ3) is 3.86. The Balaban J connectivity index is 1.50. The second-order valence-electron chi connectivity index (χ2n) is 6.04. The van der Waals surface area contributed by atoms with Crippen LogP contribution in [0.1, 0.15) is 29.8 Å². The van der Waals surface area contributed by atoms with Gasteiger partial charge in [-0.1, -0.05) is 0 Å². The van der Waals surface area contributed by atoms with Crippen molar-refractivity contribution in [3.63, 3.8) is 0 Å². The molecule has 2 aromatic rings. The van der Waals surface area contributed by atoms with Crippen LogP contribution in [0.2, 0.25) is 0 Å². The molecule has 0 aromatic carbocycles. The number of ether oxygens (including phenoxy) is 1. The maximum absolute atomic E-state index is 12.1. The Kier molecular flexibility index (Phi) is 5.11. The van der Waals surface area contributed by atoms with Crippen molar-refractivity contribution in [3.05, 3.63) is 23.3 Å². The molecule has 9 heteroatoms. The summed E-state index contributed by atoms with van der Waals surface area (Å²) in [6, 6.07) is 0. The average molecular weight is 346 g/mol. The summed E-state index contributed by atoms with van der Waals surface area (Å²) in [4.78, 5) is 33.7. The highest BCUT2D eigenvalue weighted by Gasteiger charge is 2.19. The zero-order valence-electron chi connectivity index (χ0n) is 14.5. The first kappa shape index (κ1) is 17.1. The zero-order valence-corrected chi connectivity index (χ0v) is 14.5. The highest BCUT2D eigenvalue weighted by molar-refractivity contribution is 5.76. The number of amides is 2. The number of aryl methyl sites for hydroxylation is 2. The molecule has 0 atom stereocenters. The smallest absolute Gasteiger partial charge is 0.409 e. The van der Waals surface area contributed by atoms with E-state index in [1.807, 2.05) is 13.8 Å². The van der Waals surface area contributed by atoms with E-state index in [1.165, 1.54) is 6.33 Å². The van der Waals surface area contributed by atoms with E-state index in [0.29, 0.717) is 44.9 Å². The molecule has 0 aliphatic carbocycles. The van der Waals surface area contributed by atoms with Crippen molar-refractivity contribution in [3.8, 4) is 0 Å². The van der Waals surface area contributed by atoms with Gasteiger partial charge in [-0.15, -0.1) is 0 Å². The van der Waals surface area contributed by atoms with Crippen LogP contribution in [-0.4, -0.2) is 62.7 Å². The first-order chi connectivity index (χ1) is 12.1. The van der Waals surface area contributed by atoms with Crippen LogP contribution in [0.25, 0.3) is 5.78 Å². The number of hydrogen-bond donors (Lipinski definition) is 1. The van der Waals surface area contributed by atoms with Crippen LogP contribution in [0.15, 0.2) is 6.33 Å². The molecule has 3 rings (SSSR count). The molecular weight excluding hydrogens is 324 g/mol. The molecule has 2 aromatic heterocycles. The molecular formula is C16H22N6O3. The van der Waals surface area contributed by atoms with Crippen LogP contribution in [0.4, 0.5) is 4.79 Å². The van der Waals surface area contributed by atoms with Gasteiger partial charge in [0.2, 0.25) is 5.91 Å². The minimum atomic E-state index is -0.307. The number of aromatic nitrogens is 4. The fourth-order valence-corrected chi connectivity index (χ4v) is 2.97. The molecule has 0 saturated carbocycles. The molecule has 1 fully saturated rings. The average Bonchev–Trinajstić information content (AvgIpc) is 3.05. The van der Waals surface area contributed by atoms with Gasteiger partial charge in [-0.2, -0.15) is 10.1 Å². The van der Waals surface area contributed by atoms with Crippen molar-refractivity contribution in [2.75, 3.05) is 26.2 Å². The molecule has 3 heterocycles. The van der Waals surface area contributed by atoms with Gasteiger partial charge in [0.05, 0.1) is 6.61 Å². The Labute approximate surface area is 145 Å². The van der Waals surface area contributed by atoms with E-state index < -0.39 is 0 Å². The van der Waals surface area contributed by atoms with Gasteiger partial charge in [-0.3, -0.25) is 4.79 Å². The molecule has 0 unspecified atom stereocenters. The first-order valence-corrected chi connectivity index (χ1v) is 8.40. The summed E-state index contributed by atoms with van der Waals surface area (Å²) in [5, 5.41) is 7.00. The van der Waals surface area contributed by atoms with E-state index in [9.17, 15) is 9.59 Å². The molecule has 1 aliphatic heterocycles. The zero-order chi connectivity index (χ0) is 17.8. The number of fused-ring (bicyclic) bond motifs is 1. The maximum Gasteiger partial charge on any atom is 0.409 e. The number of carbonyl (C=O) groups excluding carboxylic acids is 2. The number of cyclic esters (lactones) is 1. The number of carbonyl (C=O) groups is 2. The van der Waals surface area contributed by atoms with Crippen LogP contribution in [0.3, 0.4) is 0 Å². The van der Waals surface area contributed by atoms with Crippen LogP contribution in [0, 0.1) is 13.8 Å². The fourth-order valence-electron chi connectivity index (χ4n) is 2.97. The number of nitrogens with one attached hydrogen (secondary N) is 1. The summed E-state index contributed by atoms with van der Waals surface area (Å²) >= 11 is 0. The van der Waals surface area contributed by atoms with Gasteiger partial charge < -0.3 is 15.0 Å². The molecule has 25 heavy (non-hydrogen) atoms. The highest BCUT2D eigenvalue weighted by atomic mass is 16.6. The molecule has 1 saturated heterocycles. The van der Waals surface area contributed by atoms with Gasteiger partial charge in [-0.25, -0.2) is 14.3 Å². The largest absolute Gasteiger partial charge is 0.449 e. The standard InChI is InChI=1S/C16H22N6O3/c1-11-13(12(2)22-15(20-11)18-10-19-22)4-5-14(23)17-6-8-21-7-3-9-25-16(21)24/h10H,3-9H2,1-2H3,(H,17,23). The van der Waals surface area contributed by atoms with Crippen molar-refractivity contribution in [2.24, 2.45) is 0 Å². The summed E-state index contributed by atoms with van der Waals surface area (Å²) in [7, 11) is 0. The van der Waals surface area contributed by atoms with Crippen LogP contribution < -0.4 is 5.32 Å². The van der Waals surface area contributed by atoms with E-state index in [2.05, 4.69) is 20.4 Å². The van der Waals surface area contributed by atoms with E-state index in [1.54, 1.807) is 9.42 Å². The molecule has 2 amide bonds. The van der Waals surface area contributed by atoms with Crippen LogP contribution >= 0.6 is 0 Å². The molecule has 1 aliphatic rings. The topological polar surface area (TPSA) is 102 Å². The first-order valence-electron chi connectivity index (χ1n) is 8.40. The summed E-state index contributed by atoms with van der Waals surface area (Å²) in [5.74, 6) is 0.513. The van der Waals surface area contributed by atoms with E-state index in [0.717, 1.165) is 23.4 Å². The second-order valence-corrected chi connectivity index (χ2v) is 6.04. The van der Waals surface area contributed by atoms with Gasteiger partial charge in [0, 0.05) is 37.4 Å². The number of rotatable bonds is 6. The lowest BCUT2D eigenvalue weighted by Crippen LogP contribution is -2.42. The van der Waals surface area contributed by atoms with Gasteiger partial charge in [0.15, 0.2) is 0 Å². The molecule has 1 N–H and O–H groups in total. The van der Waals surface area contributed by atoms with E-state index in [4.69, 9.17) is 4.74 Å². The summed E-state index contributed by atoms with van der Waals surface area (Å²) < 4.78 is 6.64. The van der Waals surface area contributed by atoms with Crippen LogP contribution in [0.5, 0.6) is 0 Å². The quantitative estimate of drug-likeness (QED) is 0.823. The molecule has 0 radical (unpaired) electrons.